The van der Waals surface area contributed by atoms with Crippen molar-refractivity contribution >= 4 is 89.7 Å². The SMILES string of the molecule is C[C@@]1(CN2CCN(C(=O)CN3CCC(CCc4ccc5c(c4)CN(C4CCC(=O)NC4=O)C5=O)CC3)CC2)CCC(c2ccc(Cl)cc2)=C(CN2CCN(c3ccc(C(=O)NS(=O)(=O)c4ccc(N[C@H](CCN5CCCOCC5)CSc5ccccc5)c(S(=O)(=O)C(F)(F)F)c4)cc3)CC2)C1. The van der Waals surface area contributed by atoms with Crippen LogP contribution in [0.3, 0.4) is 0 Å². The summed E-state index contributed by atoms with van der Waals surface area (Å²) in [6, 6.07) is 31.2. The van der Waals surface area contributed by atoms with Gasteiger partial charge in [-0.05, 0) is 184 Å². The molecule has 1 aliphatic carbocycles. The number of amides is 5. The van der Waals surface area contributed by atoms with Crippen LogP contribution in [0.5, 0.6) is 0 Å². The van der Waals surface area contributed by atoms with E-state index >= 15 is 0 Å². The van der Waals surface area contributed by atoms with Crippen molar-refractivity contribution in [1.29, 1.82) is 0 Å². The van der Waals surface area contributed by atoms with Crippen molar-refractivity contribution in [2.75, 3.05) is 134 Å². The lowest BCUT2D eigenvalue weighted by atomic mass is 9.71. The van der Waals surface area contributed by atoms with E-state index in [1.807, 2.05) is 64.2 Å². The zero-order chi connectivity index (χ0) is 71.1. The Bertz CT molecular complexity index is 4070. The number of nitrogens with zero attached hydrogens (tertiary/aromatic N) is 7. The Kier molecular flexibility index (Phi) is 23.7. The standard InChI is InChI=1S/C74H90ClF3N10O10S3/c1-73(51-85-35-39-87(40-36-85)69(90)49-83-30-25-52(26-31-83)8-9-53-10-20-64-56(44-53)48-88(72(64)93)66-22-23-68(89)80-71(66)92)28-24-63(54-11-15-58(75)16-12-54)57(46-73)47-84-33-37-86(38-34-84)60-17-13-55(14-18-60)70(91)81-101(96,97)62-19-21-65(67(45-62)100(94,95)74(76,77)78)79-59(50-99-61-6-3-2-4-7-61)27-32-82-29-5-42-98-43-41-82/h2-4,6-7,10-21,44-45,52,59,66,79H,5,8-9,22-43,46-51H2,1H3,(H,81,91)(H,80,89,92)/t59-,66?,73-/m1/s1. The summed E-state index contributed by atoms with van der Waals surface area (Å²) < 4.78 is 105. The van der Waals surface area contributed by atoms with Crippen LogP contribution in [-0.2, 0) is 51.9 Å². The number of nitrogens with one attached hydrogen (secondary N) is 3. The molecule has 5 amide bonds. The van der Waals surface area contributed by atoms with Crippen LogP contribution in [0.25, 0.3) is 5.57 Å². The fourth-order valence-electron chi connectivity index (χ4n) is 15.3. The monoisotopic (exact) mass is 1470 g/mol. The number of rotatable bonds is 24. The Hall–Kier alpha value is -6.88. The van der Waals surface area contributed by atoms with Gasteiger partial charge in [0.1, 0.15) is 10.9 Å². The van der Waals surface area contributed by atoms with Crippen LogP contribution < -0.4 is 20.3 Å². The second-order valence-corrected chi connectivity index (χ2v) is 33.4. The van der Waals surface area contributed by atoms with Gasteiger partial charge in [-0.15, -0.1) is 11.8 Å². The van der Waals surface area contributed by atoms with Gasteiger partial charge in [-0.25, -0.2) is 21.6 Å². The number of carbonyl (C=O) groups excluding carboxylic acids is 5. The second-order valence-electron chi connectivity index (χ2n) is 28.3. The third-order valence-electron chi connectivity index (χ3n) is 21.1. The number of fused-ring (bicyclic) bond motifs is 1. The van der Waals surface area contributed by atoms with E-state index in [1.54, 1.807) is 17.0 Å². The number of carbonyl (C=O) groups is 5. The molecule has 0 spiro atoms. The van der Waals surface area contributed by atoms with Gasteiger partial charge in [0.25, 0.3) is 31.7 Å². The van der Waals surface area contributed by atoms with Gasteiger partial charge < -0.3 is 29.7 Å². The van der Waals surface area contributed by atoms with Crippen molar-refractivity contribution in [1.82, 2.24) is 39.4 Å². The quantitative estimate of drug-likeness (QED) is 0.0387. The van der Waals surface area contributed by atoms with Crippen LogP contribution in [0.2, 0.25) is 5.02 Å². The molecule has 0 radical (unpaired) electrons. The van der Waals surface area contributed by atoms with Crippen LogP contribution in [0, 0.1) is 11.3 Å². The molecule has 3 N–H and O–H groups in total. The topological polar surface area (TPSA) is 222 Å². The zero-order valence-electron chi connectivity index (χ0n) is 57.1. The van der Waals surface area contributed by atoms with Crippen LogP contribution in [0.4, 0.5) is 24.5 Å². The van der Waals surface area contributed by atoms with Crippen LogP contribution >= 0.6 is 23.4 Å². The van der Waals surface area contributed by atoms with Gasteiger partial charge in [0.15, 0.2) is 0 Å². The van der Waals surface area contributed by atoms with Gasteiger partial charge in [-0.3, -0.25) is 44.0 Å². The molecule has 0 saturated carbocycles. The Morgan fingerprint density at radius 2 is 1.50 bits per heavy atom. The largest absolute Gasteiger partial charge is 0.501 e. The number of sulfone groups is 1. The number of aryl methyl sites for hydroxylation is 1. The minimum Gasteiger partial charge on any atom is -0.380 e. The second kappa shape index (κ2) is 32.4. The highest BCUT2D eigenvalue weighted by Gasteiger charge is 2.49. The molecular weight excluding hydrogens is 1380 g/mol. The number of allylic oxidation sites excluding steroid dienone is 1. The summed E-state index contributed by atoms with van der Waals surface area (Å²) in [6.45, 7) is 15.6. The third-order valence-corrected chi connectivity index (χ3v) is 25.4. The minimum absolute atomic E-state index is 0.00346. The molecule has 101 heavy (non-hydrogen) atoms. The number of hydrogen-bond donors (Lipinski definition) is 3. The van der Waals surface area contributed by atoms with Gasteiger partial charge in [-0.2, -0.15) is 13.2 Å². The molecule has 0 bridgehead atoms. The number of alkyl halides is 3. The molecule has 12 rings (SSSR count). The molecule has 7 aliphatic rings. The molecule has 5 fully saturated rings. The van der Waals surface area contributed by atoms with Crippen molar-refractivity contribution in [2.24, 2.45) is 11.3 Å². The van der Waals surface area contributed by atoms with E-state index in [-0.39, 0.29) is 35.1 Å². The number of sulfonamides is 1. The number of likely N-dealkylation sites (tertiary alicyclic amines) is 1. The number of benzene rings is 5. The van der Waals surface area contributed by atoms with Crippen LogP contribution in [-0.4, -0.2) is 217 Å². The maximum Gasteiger partial charge on any atom is 0.501 e. The average Bonchev–Trinajstić information content (AvgIpc) is 1.39. The van der Waals surface area contributed by atoms with Crippen molar-refractivity contribution in [3.05, 3.63) is 154 Å². The van der Waals surface area contributed by atoms with Crippen LogP contribution in [0.15, 0.2) is 136 Å². The lowest BCUT2D eigenvalue weighted by Gasteiger charge is -2.44. The molecule has 27 heteroatoms. The first-order chi connectivity index (χ1) is 48.4. The lowest BCUT2D eigenvalue weighted by Crippen LogP contribution is -2.53. The molecule has 6 heterocycles. The van der Waals surface area contributed by atoms with Gasteiger partial charge >= 0.3 is 5.51 Å². The molecule has 20 nitrogen and oxygen atoms in total. The first kappa shape index (κ1) is 73.9. The number of imide groups is 1. The molecular formula is C74H90ClF3N10O10S3. The molecule has 5 aromatic carbocycles. The van der Waals surface area contributed by atoms with Crippen molar-refractivity contribution in [3.63, 3.8) is 0 Å². The number of anilines is 2. The summed E-state index contributed by atoms with van der Waals surface area (Å²) in [7, 11) is -11.0. The Morgan fingerprint density at radius 3 is 2.23 bits per heavy atom. The van der Waals surface area contributed by atoms with E-state index in [4.69, 9.17) is 16.3 Å². The van der Waals surface area contributed by atoms with Gasteiger partial charge in [0.05, 0.1) is 23.7 Å². The highest BCUT2D eigenvalue weighted by atomic mass is 35.5. The fourth-order valence-corrected chi connectivity index (χ4v) is 18.4. The Balaban J connectivity index is 0.608. The first-order valence-corrected chi connectivity index (χ1v) is 39.6. The summed E-state index contributed by atoms with van der Waals surface area (Å²) >= 11 is 7.84. The van der Waals surface area contributed by atoms with Crippen molar-refractivity contribution < 1.29 is 58.7 Å². The van der Waals surface area contributed by atoms with E-state index in [9.17, 15) is 54.0 Å². The summed E-state index contributed by atoms with van der Waals surface area (Å²) in [6.07, 6.45) is 8.62. The van der Waals surface area contributed by atoms with Gasteiger partial charge in [0, 0.05) is 143 Å². The maximum absolute atomic E-state index is 14.4. The third kappa shape index (κ3) is 18.6. The average molecular weight is 1470 g/mol. The number of halogens is 4. The summed E-state index contributed by atoms with van der Waals surface area (Å²) in [4.78, 5) is 79.0. The summed E-state index contributed by atoms with van der Waals surface area (Å²) in [5.41, 5.74) is 1.25. The molecule has 5 aromatic rings. The van der Waals surface area contributed by atoms with E-state index in [0.717, 1.165) is 139 Å². The smallest absolute Gasteiger partial charge is 0.380 e. The van der Waals surface area contributed by atoms with E-state index in [2.05, 4.69) is 60.3 Å². The predicted molar refractivity (Wildman–Crippen MR) is 384 cm³/mol. The highest BCUT2D eigenvalue weighted by Crippen LogP contribution is 2.45. The Morgan fingerprint density at radius 1 is 0.772 bits per heavy atom. The van der Waals surface area contributed by atoms with Gasteiger partial charge in [-0.1, -0.05) is 66.6 Å². The minimum atomic E-state index is -6.10. The molecule has 1 unspecified atom stereocenters. The van der Waals surface area contributed by atoms with E-state index in [1.165, 1.54) is 46.2 Å². The van der Waals surface area contributed by atoms with Gasteiger partial charge in [0.2, 0.25) is 17.7 Å². The maximum atomic E-state index is 14.4. The number of piperazine rings is 2. The highest BCUT2D eigenvalue weighted by molar-refractivity contribution is 7.99. The van der Waals surface area contributed by atoms with E-state index < -0.39 is 64.7 Å². The van der Waals surface area contributed by atoms with Crippen molar-refractivity contribution in [3.8, 4) is 0 Å². The summed E-state index contributed by atoms with van der Waals surface area (Å²) in [5, 5.41) is 6.07. The first-order valence-electron chi connectivity index (χ1n) is 35.2. The predicted octanol–water partition coefficient (Wildman–Crippen LogP) is 9.45. The normalized spacial score (nSPS) is 21.7. The Labute approximate surface area is 599 Å². The zero-order valence-corrected chi connectivity index (χ0v) is 60.3. The van der Waals surface area contributed by atoms with Crippen LogP contribution in [0.1, 0.15) is 109 Å². The number of hydrogen-bond acceptors (Lipinski definition) is 17. The number of ether oxygens (including phenoxy) is 1. The molecule has 3 atom stereocenters. The fraction of sp³-hybridized carbons (Fsp3) is 0.500. The molecule has 5 saturated heterocycles. The summed E-state index contributed by atoms with van der Waals surface area (Å²) in [5.74, 6) is -0.838. The number of thioether (sulfide) groups is 1. The number of piperidine rings is 2. The molecule has 6 aliphatic heterocycles. The molecule has 0 aromatic heterocycles. The molecule has 542 valence electrons. The van der Waals surface area contributed by atoms with E-state index in [0.29, 0.717) is 107 Å². The van der Waals surface area contributed by atoms with Crippen molar-refractivity contribution in [2.45, 2.75) is 116 Å². The lowest BCUT2D eigenvalue weighted by molar-refractivity contribution is -0.137.